The molecule has 3 nitrogen and oxygen atoms in total. The van der Waals surface area contributed by atoms with Gasteiger partial charge in [-0.05, 0) is 57.9 Å². The van der Waals surface area contributed by atoms with Gasteiger partial charge in [0.05, 0.1) is 17.1 Å². The standard InChI is InChI=1S/C14H21BClNO2/c1-9-8-10(16)6-7-11(9)12(17)15-18-13(2,3)14(4,5)19-15/h6-8,12H,17H2,1-5H3/t12-/m1/s1. The molecule has 2 N–H and O–H groups in total. The Morgan fingerprint density at radius 2 is 1.68 bits per heavy atom. The molecule has 19 heavy (non-hydrogen) atoms. The molecule has 1 fully saturated rings. The van der Waals surface area contributed by atoms with Gasteiger partial charge in [0.1, 0.15) is 0 Å². The largest absolute Gasteiger partial charge is 0.480 e. The average molecular weight is 282 g/mol. The first kappa shape index (κ1) is 14.9. The van der Waals surface area contributed by atoms with Gasteiger partial charge in [-0.1, -0.05) is 17.7 Å². The fourth-order valence-electron chi connectivity index (χ4n) is 2.19. The lowest BCUT2D eigenvalue weighted by Gasteiger charge is -2.32. The summed E-state index contributed by atoms with van der Waals surface area (Å²) < 4.78 is 12.0. The molecule has 0 unspecified atom stereocenters. The number of rotatable bonds is 2. The van der Waals surface area contributed by atoms with Gasteiger partial charge in [-0.15, -0.1) is 0 Å². The fraction of sp³-hybridized carbons (Fsp3) is 0.571. The summed E-state index contributed by atoms with van der Waals surface area (Å²) >= 11 is 5.97. The summed E-state index contributed by atoms with van der Waals surface area (Å²) in [6.45, 7) is 10.1. The first-order valence-corrected chi connectivity index (χ1v) is 6.89. The van der Waals surface area contributed by atoms with Crippen molar-refractivity contribution >= 4 is 18.7 Å². The predicted molar refractivity (Wildman–Crippen MR) is 79.2 cm³/mol. The maximum Gasteiger partial charge on any atom is 0.480 e. The lowest BCUT2D eigenvalue weighted by Crippen LogP contribution is -2.41. The number of nitrogens with two attached hydrogens (primary N) is 1. The van der Waals surface area contributed by atoms with Crippen molar-refractivity contribution < 1.29 is 9.31 Å². The molecular weight excluding hydrogens is 260 g/mol. The lowest BCUT2D eigenvalue weighted by atomic mass is 9.73. The van der Waals surface area contributed by atoms with Gasteiger partial charge >= 0.3 is 7.12 Å². The van der Waals surface area contributed by atoms with Crippen molar-refractivity contribution in [2.45, 2.75) is 51.8 Å². The zero-order chi connectivity index (χ0) is 14.4. The molecule has 2 rings (SSSR count). The molecule has 5 heteroatoms. The van der Waals surface area contributed by atoms with Crippen molar-refractivity contribution in [3.8, 4) is 0 Å². The molecule has 0 bridgehead atoms. The SMILES string of the molecule is Cc1cc(Cl)ccc1[C@@H](N)B1OC(C)(C)C(C)(C)O1. The van der Waals surface area contributed by atoms with Gasteiger partial charge in [0.15, 0.2) is 0 Å². The second kappa shape index (κ2) is 4.78. The number of halogens is 1. The minimum atomic E-state index is -0.440. The van der Waals surface area contributed by atoms with Crippen LogP contribution in [-0.2, 0) is 9.31 Å². The molecule has 1 aromatic rings. The third kappa shape index (κ3) is 2.68. The Morgan fingerprint density at radius 1 is 1.16 bits per heavy atom. The van der Waals surface area contributed by atoms with Gasteiger partial charge in [0, 0.05) is 5.02 Å². The average Bonchev–Trinajstić information content (AvgIpc) is 2.47. The van der Waals surface area contributed by atoms with E-state index >= 15 is 0 Å². The van der Waals surface area contributed by atoms with E-state index in [4.69, 9.17) is 26.6 Å². The van der Waals surface area contributed by atoms with Crippen molar-refractivity contribution in [1.82, 2.24) is 0 Å². The maximum atomic E-state index is 6.30. The fourth-order valence-corrected chi connectivity index (χ4v) is 2.42. The molecule has 1 heterocycles. The highest BCUT2D eigenvalue weighted by atomic mass is 35.5. The van der Waals surface area contributed by atoms with E-state index in [0.29, 0.717) is 5.02 Å². The Kier molecular flexibility index (Phi) is 3.73. The summed E-state index contributed by atoms with van der Waals surface area (Å²) in [6.07, 6.45) is 0. The summed E-state index contributed by atoms with van der Waals surface area (Å²) in [4.78, 5) is 0. The number of benzene rings is 1. The quantitative estimate of drug-likeness (QED) is 0.846. The van der Waals surface area contributed by atoms with Crippen LogP contribution in [0.25, 0.3) is 0 Å². The topological polar surface area (TPSA) is 44.5 Å². The van der Waals surface area contributed by atoms with Gasteiger partial charge in [0.25, 0.3) is 0 Å². The summed E-state index contributed by atoms with van der Waals surface area (Å²) in [5.41, 5.74) is 7.62. The highest BCUT2D eigenvalue weighted by molar-refractivity contribution is 6.47. The van der Waals surface area contributed by atoms with Crippen LogP contribution >= 0.6 is 11.6 Å². The third-order valence-corrected chi connectivity index (χ3v) is 4.39. The molecule has 0 aromatic heterocycles. The Labute approximate surface area is 120 Å². The molecule has 0 aliphatic carbocycles. The predicted octanol–water partition coefficient (Wildman–Crippen LogP) is 3.28. The minimum absolute atomic E-state index is 0.321. The first-order chi connectivity index (χ1) is 8.64. The monoisotopic (exact) mass is 281 g/mol. The van der Waals surface area contributed by atoms with Gasteiger partial charge in [-0.3, -0.25) is 0 Å². The van der Waals surface area contributed by atoms with Crippen molar-refractivity contribution in [2.75, 3.05) is 0 Å². The van der Waals surface area contributed by atoms with Gasteiger partial charge < -0.3 is 15.0 Å². The molecule has 1 saturated heterocycles. The summed E-state index contributed by atoms with van der Waals surface area (Å²) in [5, 5.41) is 0.711. The zero-order valence-electron chi connectivity index (χ0n) is 12.2. The smallest absolute Gasteiger partial charge is 0.402 e. The van der Waals surface area contributed by atoms with E-state index in [0.717, 1.165) is 11.1 Å². The van der Waals surface area contributed by atoms with Crippen molar-refractivity contribution in [2.24, 2.45) is 5.73 Å². The van der Waals surface area contributed by atoms with Crippen LogP contribution in [0.5, 0.6) is 0 Å². The minimum Gasteiger partial charge on any atom is -0.402 e. The van der Waals surface area contributed by atoms with Crippen molar-refractivity contribution in [3.63, 3.8) is 0 Å². The van der Waals surface area contributed by atoms with E-state index in [-0.39, 0.29) is 17.1 Å². The molecule has 0 radical (unpaired) electrons. The molecule has 104 valence electrons. The van der Waals surface area contributed by atoms with E-state index in [9.17, 15) is 0 Å². The first-order valence-electron chi connectivity index (χ1n) is 6.51. The Morgan fingerprint density at radius 3 is 2.16 bits per heavy atom. The Hall–Kier alpha value is -0.545. The number of hydrogen-bond donors (Lipinski definition) is 1. The van der Waals surface area contributed by atoms with Crippen LogP contribution in [0, 0.1) is 6.92 Å². The molecule has 1 aliphatic rings. The van der Waals surface area contributed by atoms with E-state index in [2.05, 4.69) is 0 Å². The van der Waals surface area contributed by atoms with Gasteiger partial charge in [0.2, 0.25) is 0 Å². The number of hydrogen-bond acceptors (Lipinski definition) is 3. The van der Waals surface area contributed by atoms with Crippen LogP contribution in [0.15, 0.2) is 18.2 Å². The molecule has 0 spiro atoms. The summed E-state index contributed by atoms with van der Waals surface area (Å²) in [5.74, 6) is -0.321. The highest BCUT2D eigenvalue weighted by Crippen LogP contribution is 2.40. The van der Waals surface area contributed by atoms with Crippen LogP contribution in [0.2, 0.25) is 5.02 Å². The summed E-state index contributed by atoms with van der Waals surface area (Å²) in [6, 6.07) is 5.68. The zero-order valence-corrected chi connectivity index (χ0v) is 12.9. The molecule has 0 saturated carbocycles. The van der Waals surface area contributed by atoms with Gasteiger partial charge in [-0.2, -0.15) is 0 Å². The maximum absolute atomic E-state index is 6.30. The third-order valence-electron chi connectivity index (χ3n) is 4.16. The molecule has 1 aromatic carbocycles. The lowest BCUT2D eigenvalue weighted by molar-refractivity contribution is 0.00578. The summed E-state index contributed by atoms with van der Waals surface area (Å²) in [7, 11) is -0.440. The Bertz CT molecular complexity index is 474. The van der Waals surface area contributed by atoms with Crippen molar-refractivity contribution in [1.29, 1.82) is 0 Å². The van der Waals surface area contributed by atoms with Crippen molar-refractivity contribution in [3.05, 3.63) is 34.3 Å². The molecule has 1 aliphatic heterocycles. The van der Waals surface area contributed by atoms with Crippen LogP contribution in [0.4, 0.5) is 0 Å². The van der Waals surface area contributed by atoms with Crippen LogP contribution in [0.1, 0.15) is 44.8 Å². The Balaban J connectivity index is 2.24. The normalized spacial score (nSPS) is 22.6. The van der Waals surface area contributed by atoms with E-state index < -0.39 is 7.12 Å². The second-order valence-electron chi connectivity index (χ2n) is 6.15. The van der Waals surface area contributed by atoms with Crippen LogP contribution < -0.4 is 5.73 Å². The highest BCUT2D eigenvalue weighted by Gasteiger charge is 2.53. The molecule has 1 atom stereocenters. The molecular formula is C14H21BClNO2. The van der Waals surface area contributed by atoms with E-state index in [1.807, 2.05) is 52.8 Å². The van der Waals surface area contributed by atoms with Crippen LogP contribution in [-0.4, -0.2) is 18.3 Å². The molecule has 0 amide bonds. The number of aryl methyl sites for hydroxylation is 1. The van der Waals surface area contributed by atoms with Gasteiger partial charge in [-0.25, -0.2) is 0 Å². The van der Waals surface area contributed by atoms with E-state index in [1.165, 1.54) is 0 Å². The van der Waals surface area contributed by atoms with Crippen LogP contribution in [0.3, 0.4) is 0 Å². The van der Waals surface area contributed by atoms with E-state index in [1.54, 1.807) is 0 Å². The second-order valence-corrected chi connectivity index (χ2v) is 6.59.